The van der Waals surface area contributed by atoms with Gasteiger partial charge in [0.2, 0.25) is 5.91 Å². The highest BCUT2D eigenvalue weighted by molar-refractivity contribution is 5.76. The molecule has 0 radical (unpaired) electrons. The number of nitrogens with one attached hydrogen (secondary N) is 1. The third-order valence-corrected chi connectivity index (χ3v) is 18.5. The first kappa shape index (κ1) is 82.4. The van der Waals surface area contributed by atoms with Crippen LogP contribution in [0.5, 0.6) is 0 Å². The Morgan fingerprint density at radius 2 is 0.686 bits per heavy atom. The molecule has 0 saturated carbocycles. The zero-order valence-electron chi connectivity index (χ0n) is 57.1. The fourth-order valence-corrected chi connectivity index (χ4v) is 12.5. The summed E-state index contributed by atoms with van der Waals surface area (Å²) in [5, 5.41) is 55.0. The first-order valence-corrected chi connectivity index (χ1v) is 38.2. The number of unbranched alkanes of at least 4 members (excludes halogenated alkanes) is 52. The lowest BCUT2D eigenvalue weighted by Gasteiger charge is -2.40. The molecule has 1 amide bonds. The van der Waals surface area contributed by atoms with Gasteiger partial charge in [0, 0.05) is 6.42 Å². The maximum atomic E-state index is 13.2. The molecule has 1 heterocycles. The number of aliphatic hydroxyl groups excluding tert-OH is 5. The van der Waals surface area contributed by atoms with Crippen LogP contribution in [0.15, 0.2) is 36.5 Å². The van der Waals surface area contributed by atoms with Crippen LogP contribution in [-0.2, 0) is 14.3 Å². The Bertz CT molecular complexity index is 1450. The molecule has 1 fully saturated rings. The van der Waals surface area contributed by atoms with Crippen molar-refractivity contribution in [2.45, 2.75) is 436 Å². The number of rotatable bonds is 68. The zero-order valence-corrected chi connectivity index (χ0v) is 57.1. The van der Waals surface area contributed by atoms with Crippen molar-refractivity contribution < 1.29 is 39.8 Å². The van der Waals surface area contributed by atoms with Crippen molar-refractivity contribution in [2.24, 2.45) is 0 Å². The number of amides is 1. The maximum absolute atomic E-state index is 13.2. The van der Waals surface area contributed by atoms with E-state index >= 15 is 0 Å². The van der Waals surface area contributed by atoms with Crippen molar-refractivity contribution in [1.82, 2.24) is 5.32 Å². The van der Waals surface area contributed by atoms with Gasteiger partial charge in [0.15, 0.2) is 6.29 Å². The summed E-state index contributed by atoms with van der Waals surface area (Å²) in [5.74, 6) is -0.135. The van der Waals surface area contributed by atoms with E-state index in [1.54, 1.807) is 0 Å². The number of carbonyl (C=O) groups excluding carboxylic acids is 1. The van der Waals surface area contributed by atoms with Crippen molar-refractivity contribution in [3.63, 3.8) is 0 Å². The largest absolute Gasteiger partial charge is 0.394 e. The van der Waals surface area contributed by atoms with Gasteiger partial charge in [-0.05, 0) is 51.4 Å². The lowest BCUT2D eigenvalue weighted by molar-refractivity contribution is -0.302. The molecule has 86 heavy (non-hydrogen) atoms. The second-order valence-electron chi connectivity index (χ2n) is 26.8. The Balaban J connectivity index is 2.04. The number of aliphatic hydroxyl groups is 5. The highest BCUT2D eigenvalue weighted by Gasteiger charge is 2.44. The topological polar surface area (TPSA) is 149 Å². The van der Waals surface area contributed by atoms with E-state index in [0.29, 0.717) is 12.8 Å². The Morgan fingerprint density at radius 1 is 0.395 bits per heavy atom. The van der Waals surface area contributed by atoms with Gasteiger partial charge in [-0.3, -0.25) is 4.79 Å². The van der Waals surface area contributed by atoms with Crippen LogP contribution >= 0.6 is 0 Å². The summed E-state index contributed by atoms with van der Waals surface area (Å²) in [6.45, 7) is 3.89. The van der Waals surface area contributed by atoms with Gasteiger partial charge < -0.3 is 40.3 Å². The number of allylic oxidation sites excluding steroid dienone is 6. The minimum absolute atomic E-state index is 0.133. The fraction of sp³-hybridized carbons (Fsp3) is 0.909. The molecule has 1 saturated heterocycles. The molecule has 6 N–H and O–H groups in total. The van der Waals surface area contributed by atoms with E-state index in [2.05, 4.69) is 55.6 Å². The molecule has 7 unspecified atom stereocenters. The van der Waals surface area contributed by atoms with Gasteiger partial charge in [0.25, 0.3) is 0 Å². The summed E-state index contributed by atoms with van der Waals surface area (Å²) in [7, 11) is 0. The van der Waals surface area contributed by atoms with Crippen LogP contribution in [-0.4, -0.2) is 87.5 Å². The lowest BCUT2D eigenvalue weighted by atomic mass is 9.99. The predicted octanol–water partition coefficient (Wildman–Crippen LogP) is 21.4. The predicted molar refractivity (Wildman–Crippen MR) is 369 cm³/mol. The van der Waals surface area contributed by atoms with Gasteiger partial charge in [-0.25, -0.2) is 0 Å². The summed E-state index contributed by atoms with van der Waals surface area (Å²) < 4.78 is 11.4. The van der Waals surface area contributed by atoms with Crippen LogP contribution in [0.25, 0.3) is 0 Å². The third kappa shape index (κ3) is 54.2. The summed E-state index contributed by atoms with van der Waals surface area (Å²) in [4.78, 5) is 13.2. The number of ether oxygens (including phenoxy) is 2. The molecule has 0 aliphatic carbocycles. The highest BCUT2D eigenvalue weighted by Crippen LogP contribution is 2.24. The number of hydrogen-bond donors (Lipinski definition) is 6. The molecule has 9 heteroatoms. The van der Waals surface area contributed by atoms with E-state index in [9.17, 15) is 30.3 Å². The van der Waals surface area contributed by atoms with Crippen molar-refractivity contribution >= 4 is 5.91 Å². The quantitative estimate of drug-likeness (QED) is 0.0261. The molecule has 9 nitrogen and oxygen atoms in total. The van der Waals surface area contributed by atoms with E-state index in [0.717, 1.165) is 51.4 Å². The summed E-state index contributed by atoms with van der Waals surface area (Å²) >= 11 is 0. The van der Waals surface area contributed by atoms with Crippen LogP contribution in [0.4, 0.5) is 0 Å². The van der Waals surface area contributed by atoms with Gasteiger partial charge in [-0.2, -0.15) is 0 Å². The normalized spacial score (nSPS) is 18.2. The molecule has 7 atom stereocenters. The van der Waals surface area contributed by atoms with Gasteiger partial charge in [-0.15, -0.1) is 0 Å². The van der Waals surface area contributed by atoms with Crippen LogP contribution < -0.4 is 5.32 Å². The molecule has 1 rings (SSSR count). The maximum Gasteiger partial charge on any atom is 0.220 e. The summed E-state index contributed by atoms with van der Waals surface area (Å²) in [6, 6.07) is -0.718. The second kappa shape index (κ2) is 66.3. The molecule has 0 spiro atoms. The van der Waals surface area contributed by atoms with E-state index in [1.807, 2.05) is 0 Å². The highest BCUT2D eigenvalue weighted by atomic mass is 16.7. The van der Waals surface area contributed by atoms with Crippen LogP contribution in [0, 0.1) is 0 Å². The lowest BCUT2D eigenvalue weighted by Crippen LogP contribution is -2.60. The molecule has 508 valence electrons. The first-order chi connectivity index (χ1) is 42.3. The van der Waals surface area contributed by atoms with Crippen LogP contribution in [0.3, 0.4) is 0 Å². The molecular weight excluding hydrogens is 1070 g/mol. The fourth-order valence-electron chi connectivity index (χ4n) is 12.5. The SMILES string of the molecule is CCCCCCC/C=C\C/C=C\C/C=C\CCCCCCCCCCCCCCCCCCCCCCCCCCC(=O)NC(COC1OC(CO)C(O)C(O)C1O)C(O)CCCCCCCCCCCCCCCCCCCCCCCCCC. The van der Waals surface area contributed by atoms with Crippen molar-refractivity contribution in [1.29, 1.82) is 0 Å². The van der Waals surface area contributed by atoms with Gasteiger partial charge >= 0.3 is 0 Å². The average Bonchev–Trinajstić information content (AvgIpc) is 3.55. The van der Waals surface area contributed by atoms with Gasteiger partial charge in [0.1, 0.15) is 24.4 Å². The number of hydrogen-bond acceptors (Lipinski definition) is 8. The molecule has 0 aromatic carbocycles. The van der Waals surface area contributed by atoms with Crippen LogP contribution in [0.2, 0.25) is 0 Å². The van der Waals surface area contributed by atoms with E-state index in [4.69, 9.17) is 9.47 Å². The van der Waals surface area contributed by atoms with Crippen molar-refractivity contribution in [2.75, 3.05) is 13.2 Å². The minimum atomic E-state index is -1.55. The molecule has 1 aliphatic rings. The monoisotopic (exact) mass is 1210 g/mol. The second-order valence-corrected chi connectivity index (χ2v) is 26.8. The molecular formula is C77H147NO8. The van der Waals surface area contributed by atoms with Gasteiger partial charge in [0.05, 0.1) is 25.4 Å². The number of carbonyl (C=O) groups is 1. The summed E-state index contributed by atoms with van der Waals surface area (Å²) in [5.41, 5.74) is 0. The molecule has 1 aliphatic heterocycles. The molecule has 0 bridgehead atoms. The molecule has 0 aromatic heterocycles. The molecule has 0 aromatic rings. The summed E-state index contributed by atoms with van der Waals surface area (Å²) in [6.07, 6.45) is 82.4. The third-order valence-electron chi connectivity index (χ3n) is 18.5. The van der Waals surface area contributed by atoms with E-state index < -0.39 is 49.5 Å². The first-order valence-electron chi connectivity index (χ1n) is 38.2. The smallest absolute Gasteiger partial charge is 0.220 e. The average molecular weight is 1220 g/mol. The minimum Gasteiger partial charge on any atom is -0.394 e. The van der Waals surface area contributed by atoms with Crippen molar-refractivity contribution in [3.05, 3.63) is 36.5 Å². The Hall–Kier alpha value is -1.59. The van der Waals surface area contributed by atoms with E-state index in [-0.39, 0.29) is 12.5 Å². The van der Waals surface area contributed by atoms with Gasteiger partial charge in [-0.1, -0.05) is 371 Å². The van der Waals surface area contributed by atoms with E-state index in [1.165, 1.54) is 315 Å². The van der Waals surface area contributed by atoms with Crippen molar-refractivity contribution in [3.8, 4) is 0 Å². The Kier molecular flexibility index (Phi) is 63.6. The Morgan fingerprint density at radius 3 is 1.01 bits per heavy atom. The standard InChI is InChI=1S/C77H147NO8/c1-3-5-7-9-11-13-15-17-19-21-23-25-27-29-30-31-32-33-34-35-36-37-38-39-40-41-42-43-45-47-49-51-53-55-57-59-61-63-65-67-73(81)78-70(69-85-77-76(84)75(83)74(82)72(68-79)86-77)71(80)66-64-62-60-58-56-54-52-50-48-46-44-28-26-24-22-20-18-16-14-12-10-8-6-4-2/h15,17,21,23,27,29,70-72,74-77,79-80,82-84H,3-14,16,18-20,22,24-26,28,30-69H2,1-2H3,(H,78,81)/b17-15-,23-21-,29-27-. The zero-order chi connectivity index (χ0) is 62.1. The Labute approximate surface area is 533 Å². The van der Waals surface area contributed by atoms with Crippen LogP contribution in [0.1, 0.15) is 393 Å².